The summed E-state index contributed by atoms with van der Waals surface area (Å²) in [5.41, 5.74) is 1.08. The third kappa shape index (κ3) is 12.4. The maximum Gasteiger partial charge on any atom is 0.305 e. The van der Waals surface area contributed by atoms with Crippen molar-refractivity contribution in [3.05, 3.63) is 80.9 Å². The number of ketones is 1. The van der Waals surface area contributed by atoms with Crippen molar-refractivity contribution in [1.82, 2.24) is 4.90 Å². The van der Waals surface area contributed by atoms with Crippen molar-refractivity contribution in [2.45, 2.75) is 115 Å². The minimum Gasteiger partial charge on any atom is -0.466 e. The number of halogens is 3. The minimum absolute atomic E-state index is 0.0172. The van der Waals surface area contributed by atoms with E-state index in [1.54, 1.807) is 42.2 Å². The van der Waals surface area contributed by atoms with E-state index in [0.29, 0.717) is 44.6 Å². The fraction of sp³-hybridized carbons (Fsp3) is 0.553. The van der Waals surface area contributed by atoms with E-state index in [2.05, 4.69) is 56.5 Å². The van der Waals surface area contributed by atoms with Crippen molar-refractivity contribution in [3.63, 3.8) is 0 Å². The molecule has 0 aliphatic carbocycles. The molecule has 1 heterocycles. The SMILES string of the molecule is CCOC(=O)CCCCCCN1C(=O)CC[C@@H]1/C=C/[C@@H](OCC(=O)c1ccc(CO[Si](C)(C)C(C)(C)C)cc1)C(F)(F)c1ccc(I)cc1. The van der Waals surface area contributed by atoms with Crippen LogP contribution < -0.4 is 0 Å². The molecule has 1 aliphatic heterocycles. The molecule has 0 unspecified atom stereocenters. The molecule has 2 aromatic rings. The smallest absolute Gasteiger partial charge is 0.305 e. The first kappa shape index (κ1) is 40.9. The van der Waals surface area contributed by atoms with Crippen molar-refractivity contribution in [2.24, 2.45) is 0 Å². The van der Waals surface area contributed by atoms with Crippen molar-refractivity contribution in [3.8, 4) is 0 Å². The Morgan fingerprint density at radius 2 is 1.67 bits per heavy atom. The summed E-state index contributed by atoms with van der Waals surface area (Å²) in [5.74, 6) is -4.06. The molecule has 1 fully saturated rings. The van der Waals surface area contributed by atoms with Crippen molar-refractivity contribution < 1.29 is 37.1 Å². The molecule has 2 atom stereocenters. The first-order valence-electron chi connectivity index (χ1n) is 17.2. The maximum atomic E-state index is 16.0. The summed E-state index contributed by atoms with van der Waals surface area (Å²) in [6.45, 7) is 13.4. The molecule has 7 nitrogen and oxygen atoms in total. The van der Waals surface area contributed by atoms with Crippen LogP contribution in [0.3, 0.4) is 0 Å². The van der Waals surface area contributed by atoms with Crippen LogP contribution in [0, 0.1) is 3.57 Å². The zero-order valence-corrected chi connectivity index (χ0v) is 32.9. The number of nitrogens with zero attached hydrogens (tertiary/aromatic N) is 1. The molecule has 0 saturated carbocycles. The van der Waals surface area contributed by atoms with Gasteiger partial charge in [0.05, 0.1) is 19.3 Å². The molecule has 11 heteroatoms. The van der Waals surface area contributed by atoms with Crippen LogP contribution >= 0.6 is 22.6 Å². The molecule has 0 radical (unpaired) electrons. The monoisotopic (exact) mass is 811 g/mol. The van der Waals surface area contributed by atoms with Gasteiger partial charge < -0.3 is 18.8 Å². The number of carbonyl (C=O) groups excluding carboxylic acids is 3. The topological polar surface area (TPSA) is 82.1 Å². The predicted molar refractivity (Wildman–Crippen MR) is 199 cm³/mol. The van der Waals surface area contributed by atoms with E-state index < -0.39 is 32.7 Å². The lowest BCUT2D eigenvalue weighted by molar-refractivity contribution is -0.143. The maximum absolute atomic E-state index is 16.0. The highest BCUT2D eigenvalue weighted by atomic mass is 127. The van der Waals surface area contributed by atoms with Gasteiger partial charge in [-0.15, -0.1) is 0 Å². The Morgan fingerprint density at radius 1 is 1.02 bits per heavy atom. The fourth-order valence-electron chi connectivity index (χ4n) is 5.25. The Hall–Kier alpha value is -2.48. The number of esters is 1. The summed E-state index contributed by atoms with van der Waals surface area (Å²) in [7, 11) is -1.94. The van der Waals surface area contributed by atoms with Crippen LogP contribution in [0.4, 0.5) is 8.78 Å². The Bertz CT molecular complexity index is 1410. The van der Waals surface area contributed by atoms with Gasteiger partial charge in [0.1, 0.15) is 12.7 Å². The summed E-state index contributed by atoms with van der Waals surface area (Å²) >= 11 is 2.06. The normalized spacial score (nSPS) is 16.4. The molecule has 270 valence electrons. The number of carbonyl (C=O) groups is 3. The van der Waals surface area contributed by atoms with Gasteiger partial charge >= 0.3 is 11.9 Å². The number of hydrogen-bond acceptors (Lipinski definition) is 6. The van der Waals surface area contributed by atoms with E-state index in [4.69, 9.17) is 13.9 Å². The van der Waals surface area contributed by atoms with E-state index in [1.165, 1.54) is 18.2 Å². The largest absolute Gasteiger partial charge is 0.466 e. The predicted octanol–water partition coefficient (Wildman–Crippen LogP) is 9.23. The van der Waals surface area contributed by atoms with Gasteiger partial charge in [0.25, 0.3) is 0 Å². The number of amides is 1. The first-order valence-corrected chi connectivity index (χ1v) is 21.2. The number of hydrogen-bond donors (Lipinski definition) is 0. The van der Waals surface area contributed by atoms with Crippen molar-refractivity contribution >= 4 is 48.6 Å². The van der Waals surface area contributed by atoms with Crippen molar-refractivity contribution in [2.75, 3.05) is 19.8 Å². The quantitative estimate of drug-likeness (QED) is 0.0352. The summed E-state index contributed by atoms with van der Waals surface area (Å²) < 4.78 is 49.7. The van der Waals surface area contributed by atoms with E-state index in [-0.39, 0.29) is 28.5 Å². The molecular weight excluding hydrogens is 759 g/mol. The molecule has 3 rings (SSSR count). The molecule has 0 aromatic heterocycles. The highest BCUT2D eigenvalue weighted by molar-refractivity contribution is 14.1. The Balaban J connectivity index is 1.67. The molecule has 2 aromatic carbocycles. The van der Waals surface area contributed by atoms with E-state index in [0.717, 1.165) is 34.8 Å². The van der Waals surface area contributed by atoms with Gasteiger partial charge in [0, 0.05) is 34.1 Å². The van der Waals surface area contributed by atoms with Crippen LogP contribution in [0.1, 0.15) is 94.1 Å². The number of ether oxygens (including phenoxy) is 2. The highest BCUT2D eigenvalue weighted by Crippen LogP contribution is 2.37. The van der Waals surface area contributed by atoms with Gasteiger partial charge in [-0.1, -0.05) is 82.2 Å². The van der Waals surface area contributed by atoms with Crippen LogP contribution in [-0.4, -0.2) is 62.8 Å². The van der Waals surface area contributed by atoms with Crippen molar-refractivity contribution in [1.29, 1.82) is 0 Å². The van der Waals surface area contributed by atoms with Crippen LogP contribution in [0.15, 0.2) is 60.7 Å². The van der Waals surface area contributed by atoms with E-state index in [9.17, 15) is 14.4 Å². The second-order valence-corrected chi connectivity index (χ2v) is 20.1. The Morgan fingerprint density at radius 3 is 2.31 bits per heavy atom. The lowest BCUT2D eigenvalue weighted by Crippen LogP contribution is -2.40. The lowest BCUT2D eigenvalue weighted by atomic mass is 10.0. The minimum atomic E-state index is -3.43. The first-order chi connectivity index (χ1) is 23.0. The molecule has 0 spiro atoms. The zero-order chi connectivity index (χ0) is 36.2. The number of unbranched alkanes of at least 4 members (excludes halogenated alkanes) is 3. The van der Waals surface area contributed by atoms with Gasteiger partial charge in [-0.2, -0.15) is 8.78 Å². The van der Waals surface area contributed by atoms with Crippen LogP contribution in [0.25, 0.3) is 0 Å². The van der Waals surface area contributed by atoms with Gasteiger partial charge in [-0.25, -0.2) is 0 Å². The molecule has 1 amide bonds. The lowest BCUT2D eigenvalue weighted by Gasteiger charge is -2.36. The standard InChI is InChI=1S/C38H52F2INO6Si/c1-7-46-36(45)12-10-8-9-11-25-42-32(22-24-35(42)44)21-23-34(38(39,40)30-17-19-31(41)20-18-30)47-27-33(43)29-15-13-28(14-16-29)26-48-49(5,6)37(2,3)4/h13-21,23,32,34H,7-12,22,24-27H2,1-6H3/b23-21+/t32-,34+/m0/s1. The summed E-state index contributed by atoms with van der Waals surface area (Å²) in [6, 6.07) is 12.6. The Kier molecular flexibility index (Phi) is 15.6. The van der Waals surface area contributed by atoms with Crippen LogP contribution in [-0.2, 0) is 36.0 Å². The molecule has 1 saturated heterocycles. The average molecular weight is 812 g/mol. The van der Waals surface area contributed by atoms with E-state index in [1.807, 2.05) is 12.1 Å². The summed E-state index contributed by atoms with van der Waals surface area (Å²) in [5, 5.41) is 0.0738. The van der Waals surface area contributed by atoms with Gasteiger partial charge in [0.15, 0.2) is 14.1 Å². The van der Waals surface area contributed by atoms with Crippen LogP contribution in [0.2, 0.25) is 18.1 Å². The molecular formula is C38H52F2INO6Si. The molecule has 1 aliphatic rings. The van der Waals surface area contributed by atoms with Gasteiger partial charge in [-0.3, -0.25) is 14.4 Å². The second kappa shape index (κ2) is 18.7. The van der Waals surface area contributed by atoms with Gasteiger partial charge in [0.2, 0.25) is 5.91 Å². The average Bonchev–Trinajstić information content (AvgIpc) is 3.40. The summed E-state index contributed by atoms with van der Waals surface area (Å²) in [4.78, 5) is 39.1. The number of rotatable bonds is 19. The van der Waals surface area contributed by atoms with E-state index >= 15 is 8.78 Å². The number of Topliss-reactive ketones (excluding diaryl/α,β-unsaturated/α-hetero) is 1. The van der Waals surface area contributed by atoms with Gasteiger partial charge in [-0.05, 0) is 84.6 Å². The molecule has 49 heavy (non-hydrogen) atoms. The second-order valence-electron chi connectivity index (χ2n) is 14.1. The third-order valence-corrected chi connectivity index (χ3v) is 14.6. The molecule has 0 bridgehead atoms. The Labute approximate surface area is 305 Å². The molecule has 0 N–H and O–H groups in total. The third-order valence-electron chi connectivity index (χ3n) is 9.38. The van der Waals surface area contributed by atoms with Crippen LogP contribution in [0.5, 0.6) is 0 Å². The highest BCUT2D eigenvalue weighted by Gasteiger charge is 2.42. The summed E-state index contributed by atoms with van der Waals surface area (Å²) in [6.07, 6.45) is 5.57. The zero-order valence-electron chi connectivity index (χ0n) is 29.7. The fourth-order valence-corrected chi connectivity index (χ4v) is 6.57. The number of benzene rings is 2. The number of likely N-dealkylation sites (tertiary alicyclic amines) is 1. The number of alkyl halides is 2.